The van der Waals surface area contributed by atoms with Crippen LogP contribution in [0.5, 0.6) is 17.2 Å². The van der Waals surface area contributed by atoms with Gasteiger partial charge >= 0.3 is 7.32 Å². The second kappa shape index (κ2) is 27.8. The Morgan fingerprint density at radius 3 is 1.20 bits per heavy atom. The summed E-state index contributed by atoms with van der Waals surface area (Å²) in [7, 11) is -2.33. The van der Waals surface area contributed by atoms with Gasteiger partial charge in [-0.05, 0) is 25.7 Å². The van der Waals surface area contributed by atoms with E-state index in [1.807, 2.05) is 20.8 Å². The Balaban J connectivity index is 0.00000111. The van der Waals surface area contributed by atoms with Crippen LogP contribution < -0.4 is 14.0 Å². The Kier molecular flexibility index (Phi) is 23.5. The van der Waals surface area contributed by atoms with Gasteiger partial charge in [-0.15, -0.1) is 12.1 Å². The van der Waals surface area contributed by atoms with Crippen molar-refractivity contribution >= 4 is 7.32 Å². The van der Waals surface area contributed by atoms with Gasteiger partial charge in [0.2, 0.25) is 0 Å². The van der Waals surface area contributed by atoms with Crippen LogP contribution in [0, 0.1) is 75.9 Å². The van der Waals surface area contributed by atoms with Crippen molar-refractivity contribution < 1.29 is 71.1 Å². The van der Waals surface area contributed by atoms with Crippen LogP contribution in [-0.2, 0) is 0 Å². The highest BCUT2D eigenvalue weighted by Crippen LogP contribution is 2.43. The fraction of sp³-hybridized carbons (Fsp3) is 0.500. The quantitative estimate of drug-likeness (QED) is 0.0149. The highest BCUT2D eigenvalue weighted by Gasteiger charge is 2.43. The summed E-state index contributed by atoms with van der Waals surface area (Å²) in [6.07, 6.45) is 14.2. The summed E-state index contributed by atoms with van der Waals surface area (Å²) in [4.78, 5) is 0. The van der Waals surface area contributed by atoms with E-state index in [2.05, 4.69) is 13.0 Å². The minimum atomic E-state index is -2.33. The van der Waals surface area contributed by atoms with E-state index in [1.54, 1.807) is 0 Å². The summed E-state index contributed by atoms with van der Waals surface area (Å²) in [6.45, 7) is 10.0. The number of benzene rings is 4. The maximum Gasteiger partial charge on any atom is 0.864 e. The molecular weight excluding hydrogens is 877 g/mol. The van der Waals surface area contributed by atoms with E-state index < -0.39 is 100 Å². The van der Waals surface area contributed by atoms with Crippen LogP contribution in [-0.4, -0.2) is 31.4 Å². The minimum Gasteiger partial charge on any atom is -0.489 e. The second-order valence-corrected chi connectivity index (χ2v) is 16.0. The lowest BCUT2D eigenvalue weighted by atomic mass is 9.92. The van der Waals surface area contributed by atoms with Gasteiger partial charge in [0.05, 0.1) is 31.0 Å². The zero-order valence-corrected chi connectivity index (χ0v) is 37.3. The van der Waals surface area contributed by atoms with Gasteiger partial charge in [-0.1, -0.05) is 98.3 Å². The average molecular weight is 936 g/mol. The molecule has 0 N–H and O–H groups in total. The Morgan fingerprint density at radius 2 is 0.800 bits per heavy atom. The van der Waals surface area contributed by atoms with E-state index in [9.17, 15) is 39.5 Å². The van der Waals surface area contributed by atoms with Crippen LogP contribution in [0.4, 0.5) is 52.7 Å². The summed E-state index contributed by atoms with van der Waals surface area (Å²) in [5, 5.41) is 0. The van der Waals surface area contributed by atoms with Crippen molar-refractivity contribution in [3.63, 3.8) is 0 Å². The summed E-state index contributed by atoms with van der Waals surface area (Å²) in [5.41, 5.74) is -0.322. The molecular formula is C48H58BF12NO3. The highest BCUT2D eigenvalue weighted by atomic mass is 19.2. The Morgan fingerprint density at radius 1 is 0.431 bits per heavy atom. The number of hydrogen-bond donors (Lipinski definition) is 0. The van der Waals surface area contributed by atoms with Crippen molar-refractivity contribution in [1.29, 1.82) is 0 Å². The molecule has 4 aromatic rings. The molecule has 4 rings (SSSR count). The number of halogens is 12. The van der Waals surface area contributed by atoms with E-state index >= 15 is 13.2 Å². The van der Waals surface area contributed by atoms with Crippen molar-refractivity contribution in [2.75, 3.05) is 19.6 Å². The lowest BCUT2D eigenvalue weighted by Crippen LogP contribution is -2.53. The van der Waals surface area contributed by atoms with Crippen LogP contribution in [0.1, 0.15) is 142 Å². The fourth-order valence-corrected chi connectivity index (χ4v) is 7.59. The molecule has 0 radical (unpaired) electrons. The normalized spacial score (nSPS) is 11.9. The van der Waals surface area contributed by atoms with Gasteiger partial charge < -0.3 is 18.4 Å². The lowest BCUT2D eigenvalue weighted by Gasteiger charge is -2.46. The molecule has 0 aliphatic rings. The van der Waals surface area contributed by atoms with Gasteiger partial charge in [-0.25, -0.2) is 43.9 Å². The number of quaternary nitrogens is 1. The Hall–Kier alpha value is -4.54. The van der Waals surface area contributed by atoms with Crippen LogP contribution in [0.3, 0.4) is 0 Å². The molecule has 0 heterocycles. The number of hydrogen-bond acceptors (Lipinski definition) is 3. The Bertz CT molecular complexity index is 1930. The highest BCUT2D eigenvalue weighted by molar-refractivity contribution is 6.39. The largest absolute Gasteiger partial charge is 0.864 e. The van der Waals surface area contributed by atoms with Gasteiger partial charge in [0.25, 0.3) is 0 Å². The molecule has 4 nitrogen and oxygen atoms in total. The summed E-state index contributed by atoms with van der Waals surface area (Å²) in [6, 6.07) is 5.06. The lowest BCUT2D eigenvalue weighted by molar-refractivity contribution is -0.958. The van der Waals surface area contributed by atoms with Crippen molar-refractivity contribution in [2.24, 2.45) is 0 Å². The molecule has 4 aromatic carbocycles. The molecule has 0 saturated heterocycles. The molecule has 0 aromatic heterocycles. The molecule has 0 amide bonds. The molecule has 0 saturated carbocycles. The Labute approximate surface area is 375 Å². The van der Waals surface area contributed by atoms with Gasteiger partial charge in [-0.2, -0.15) is 6.07 Å². The summed E-state index contributed by atoms with van der Waals surface area (Å²) in [5.74, 6) is -21.2. The molecule has 0 aliphatic heterocycles. The molecule has 1 unspecified atom stereocenters. The minimum absolute atomic E-state index is 0.322. The van der Waals surface area contributed by atoms with E-state index in [-0.39, 0.29) is 5.56 Å². The van der Waals surface area contributed by atoms with E-state index in [0.717, 1.165) is 89.2 Å². The smallest absolute Gasteiger partial charge is 0.489 e. The second-order valence-electron chi connectivity index (χ2n) is 16.0. The first kappa shape index (κ1) is 54.8. The molecule has 1 atom stereocenters. The third kappa shape index (κ3) is 16.4. The van der Waals surface area contributed by atoms with E-state index in [0.29, 0.717) is 67.3 Å². The number of rotatable bonds is 27. The number of nitrogens with zero attached hydrogens (tertiary/aromatic N) is 1. The van der Waals surface area contributed by atoms with Gasteiger partial charge in [-0.3, -0.25) is 8.78 Å². The molecule has 0 spiro atoms. The monoisotopic (exact) mass is 935 g/mol. The van der Waals surface area contributed by atoms with Gasteiger partial charge in [0, 0.05) is 48.4 Å². The third-order valence-corrected chi connectivity index (χ3v) is 11.1. The van der Waals surface area contributed by atoms with Crippen LogP contribution in [0.15, 0.2) is 42.5 Å². The topological polar surface area (TPSA) is 27.7 Å². The zero-order chi connectivity index (χ0) is 48.1. The molecule has 0 fully saturated rings. The molecule has 360 valence electrons. The van der Waals surface area contributed by atoms with Crippen molar-refractivity contribution in [3.8, 4) is 17.2 Å². The molecule has 0 aliphatic carbocycles. The number of unbranched alkanes of at least 4 members (excludes halogenated alkanes) is 11. The maximum absolute atomic E-state index is 16.6. The van der Waals surface area contributed by atoms with Gasteiger partial charge in [0.1, 0.15) is 23.3 Å². The van der Waals surface area contributed by atoms with Crippen molar-refractivity contribution in [2.45, 2.75) is 136 Å². The first-order valence-electron chi connectivity index (χ1n) is 22.4. The molecule has 17 heteroatoms. The van der Waals surface area contributed by atoms with Crippen molar-refractivity contribution in [1.82, 2.24) is 0 Å². The van der Waals surface area contributed by atoms with E-state index in [4.69, 9.17) is 14.0 Å². The predicted octanol–water partition coefficient (Wildman–Crippen LogP) is 15.5. The van der Waals surface area contributed by atoms with Crippen LogP contribution >= 0.6 is 0 Å². The van der Waals surface area contributed by atoms with Crippen LogP contribution in [0.25, 0.3) is 0 Å². The summed E-state index contributed by atoms with van der Waals surface area (Å²) >= 11 is 0. The SMILES string of the molecule is CCCCCCCCCCCC(c1c(OB(Oc2cc(F)c(F)c(F)c2)Oc2cc(F)c(F)c(F)c2)cc(F)c(F)c1F)[N+](CCCC)(CCCC)CCCC.Fc1c[c-]cc(F)c1F. The fourth-order valence-electron chi connectivity index (χ4n) is 7.59. The molecule has 65 heavy (non-hydrogen) atoms. The predicted molar refractivity (Wildman–Crippen MR) is 226 cm³/mol. The third-order valence-electron chi connectivity index (χ3n) is 11.1. The standard InChI is InChI=1S/C42H56BF9NO3.C6H2F3/c1-5-9-13-14-15-16-17-18-19-20-36(53(21-10-6-2,22-11-7-3)23-12-8-4)38-37(28-35(48)41(51)42(38)52)56-43(54-29-24-31(44)39(49)32(45)25-29)55-30-26-33(46)40(50)34(47)27-30;7-4-2-1-3-5(8)6(4)9/h24-28,36H,5-23H2,1-4H3;2-3H/q+1;-1. The van der Waals surface area contributed by atoms with Crippen molar-refractivity contribution in [3.05, 3.63) is 124 Å². The zero-order valence-electron chi connectivity index (χ0n) is 37.3. The first-order chi connectivity index (χ1) is 31.0. The average Bonchev–Trinajstić information content (AvgIpc) is 3.27. The maximum atomic E-state index is 16.6. The summed E-state index contributed by atoms with van der Waals surface area (Å²) < 4.78 is 185. The van der Waals surface area contributed by atoms with Crippen LogP contribution in [0.2, 0.25) is 0 Å². The first-order valence-corrected chi connectivity index (χ1v) is 22.4. The van der Waals surface area contributed by atoms with E-state index in [1.165, 1.54) is 12.8 Å². The van der Waals surface area contributed by atoms with Gasteiger partial charge in [0.15, 0.2) is 52.4 Å². The molecule has 0 bridgehead atoms.